The van der Waals surface area contributed by atoms with E-state index in [-0.39, 0.29) is 5.78 Å². The minimum Gasteiger partial charge on any atom is -0.388 e. The fraction of sp³-hybridized carbons (Fsp3) is 0.125. The Morgan fingerprint density at radius 2 is 2.00 bits per heavy atom. The second-order valence-electron chi connectivity index (χ2n) is 4.74. The molecule has 0 saturated heterocycles. The lowest BCUT2D eigenvalue weighted by atomic mass is 10.1. The largest absolute Gasteiger partial charge is 0.388 e. The summed E-state index contributed by atoms with van der Waals surface area (Å²) in [6.45, 7) is 0.182. The predicted molar refractivity (Wildman–Crippen MR) is 81.3 cm³/mol. The van der Waals surface area contributed by atoms with Gasteiger partial charge in [0.25, 0.3) is 0 Å². The van der Waals surface area contributed by atoms with E-state index in [1.54, 1.807) is 18.2 Å². The molecule has 0 saturated carbocycles. The average Bonchev–Trinajstić information content (AvgIpc) is 2.95. The highest BCUT2D eigenvalue weighted by molar-refractivity contribution is 5.99. The Balaban J connectivity index is 1.79. The molecule has 0 unspecified atom stereocenters. The van der Waals surface area contributed by atoms with Crippen LogP contribution in [0.15, 0.2) is 48.5 Å². The second kappa shape index (κ2) is 5.76. The number of aromatic nitrogens is 2. The van der Waals surface area contributed by atoms with E-state index in [1.165, 1.54) is 0 Å². The number of rotatable bonds is 5. The zero-order valence-electron chi connectivity index (χ0n) is 11.3. The van der Waals surface area contributed by atoms with Crippen LogP contribution in [0.5, 0.6) is 0 Å². The molecule has 5 heteroatoms. The molecule has 3 N–H and O–H groups in total. The summed E-state index contributed by atoms with van der Waals surface area (Å²) >= 11 is 0. The predicted octanol–water partition coefficient (Wildman–Crippen LogP) is 2.35. The van der Waals surface area contributed by atoms with Crippen LogP contribution in [0.3, 0.4) is 0 Å². The summed E-state index contributed by atoms with van der Waals surface area (Å²) in [7, 11) is 0. The Morgan fingerprint density at radius 1 is 1.19 bits per heavy atom. The number of aromatic amines is 1. The van der Waals surface area contributed by atoms with Crippen molar-refractivity contribution in [3.05, 3.63) is 59.7 Å². The van der Waals surface area contributed by atoms with Crippen LogP contribution in [0.2, 0.25) is 0 Å². The summed E-state index contributed by atoms with van der Waals surface area (Å²) in [4.78, 5) is 19.0. The number of imidazole rings is 1. The van der Waals surface area contributed by atoms with Crippen molar-refractivity contribution >= 4 is 22.8 Å². The van der Waals surface area contributed by atoms with Gasteiger partial charge < -0.3 is 15.4 Å². The number of carbonyl (C=O) groups is 1. The molecular formula is C16H15N3O2. The molecular weight excluding hydrogens is 266 g/mol. The molecule has 0 spiro atoms. The first kappa shape index (κ1) is 13.3. The minimum absolute atomic E-state index is 0.301. The fourth-order valence-corrected chi connectivity index (χ4v) is 2.14. The summed E-state index contributed by atoms with van der Waals surface area (Å²) in [5, 5.41) is 12.1. The van der Waals surface area contributed by atoms with E-state index in [0.29, 0.717) is 18.1 Å². The van der Waals surface area contributed by atoms with Crippen molar-refractivity contribution in [2.75, 3.05) is 11.9 Å². The first-order chi connectivity index (χ1) is 10.3. The van der Waals surface area contributed by atoms with Gasteiger partial charge in [0.05, 0.1) is 11.0 Å². The number of ketones is 1. The molecule has 21 heavy (non-hydrogen) atoms. The Labute approximate surface area is 121 Å². The first-order valence-electron chi connectivity index (χ1n) is 6.68. The molecule has 0 fully saturated rings. The topological polar surface area (TPSA) is 78.0 Å². The minimum atomic E-state index is -0.487. The maximum atomic E-state index is 11.5. The SMILES string of the molecule is O=C(CO)c1ccc2nc(NCc3ccccc3)[nH]c2c1. The molecule has 0 aliphatic rings. The summed E-state index contributed by atoms with van der Waals surface area (Å²) in [6.07, 6.45) is 0. The van der Waals surface area contributed by atoms with Crippen LogP contribution >= 0.6 is 0 Å². The van der Waals surface area contributed by atoms with Gasteiger partial charge in [0.2, 0.25) is 5.95 Å². The summed E-state index contributed by atoms with van der Waals surface area (Å²) in [5.41, 5.74) is 3.18. The van der Waals surface area contributed by atoms with Gasteiger partial charge in [0, 0.05) is 12.1 Å². The molecule has 0 radical (unpaired) electrons. The van der Waals surface area contributed by atoms with Crippen LogP contribution in [0.25, 0.3) is 11.0 Å². The Hall–Kier alpha value is -2.66. The van der Waals surface area contributed by atoms with Crippen LogP contribution in [0, 0.1) is 0 Å². The monoisotopic (exact) mass is 281 g/mol. The van der Waals surface area contributed by atoms with Crippen LogP contribution in [0.4, 0.5) is 5.95 Å². The van der Waals surface area contributed by atoms with Gasteiger partial charge in [-0.05, 0) is 23.8 Å². The molecule has 1 aromatic heterocycles. The molecule has 0 atom stereocenters. The van der Waals surface area contributed by atoms with Crippen LogP contribution in [-0.4, -0.2) is 27.5 Å². The van der Waals surface area contributed by atoms with Crippen LogP contribution in [-0.2, 0) is 6.54 Å². The van der Waals surface area contributed by atoms with Crippen molar-refractivity contribution in [2.24, 2.45) is 0 Å². The molecule has 5 nitrogen and oxygen atoms in total. The van der Waals surface area contributed by atoms with Gasteiger partial charge in [-0.1, -0.05) is 30.3 Å². The quantitative estimate of drug-likeness (QED) is 0.627. The lowest BCUT2D eigenvalue weighted by Crippen LogP contribution is -2.03. The molecule has 0 bridgehead atoms. The number of nitrogens with one attached hydrogen (secondary N) is 2. The lowest BCUT2D eigenvalue weighted by Gasteiger charge is -2.01. The number of hydrogen-bond donors (Lipinski definition) is 3. The molecule has 0 aliphatic carbocycles. The van der Waals surface area contributed by atoms with Gasteiger partial charge in [0.15, 0.2) is 5.78 Å². The Kier molecular flexibility index (Phi) is 3.66. The van der Waals surface area contributed by atoms with E-state index in [9.17, 15) is 4.79 Å². The van der Waals surface area contributed by atoms with Gasteiger partial charge in [-0.25, -0.2) is 4.98 Å². The lowest BCUT2D eigenvalue weighted by molar-refractivity contribution is 0.0904. The first-order valence-corrected chi connectivity index (χ1v) is 6.68. The zero-order valence-corrected chi connectivity index (χ0v) is 11.3. The number of nitrogens with zero attached hydrogens (tertiary/aromatic N) is 1. The molecule has 106 valence electrons. The standard InChI is InChI=1S/C16H15N3O2/c20-10-15(21)12-6-7-13-14(8-12)19-16(18-13)17-9-11-4-2-1-3-5-11/h1-8,20H,9-10H2,(H2,17,18,19). The number of Topliss-reactive ketones (excluding diaryl/α,β-unsaturated/α-hetero) is 1. The van der Waals surface area contributed by atoms with Crippen LogP contribution in [0.1, 0.15) is 15.9 Å². The van der Waals surface area contributed by atoms with E-state index in [0.717, 1.165) is 16.6 Å². The third-order valence-corrected chi connectivity index (χ3v) is 3.25. The molecule has 3 aromatic rings. The maximum Gasteiger partial charge on any atom is 0.201 e. The molecule has 3 rings (SSSR count). The van der Waals surface area contributed by atoms with E-state index in [1.807, 2.05) is 30.3 Å². The normalized spacial score (nSPS) is 10.7. The smallest absolute Gasteiger partial charge is 0.201 e. The summed E-state index contributed by atoms with van der Waals surface area (Å²) in [5.74, 6) is 0.354. The van der Waals surface area contributed by atoms with E-state index in [4.69, 9.17) is 5.11 Å². The number of anilines is 1. The number of carbonyl (C=O) groups excluding carboxylic acids is 1. The van der Waals surface area contributed by atoms with Crippen molar-refractivity contribution in [1.29, 1.82) is 0 Å². The Morgan fingerprint density at radius 3 is 2.76 bits per heavy atom. The molecule has 0 amide bonds. The fourth-order valence-electron chi connectivity index (χ4n) is 2.14. The van der Waals surface area contributed by atoms with Gasteiger partial charge in [-0.3, -0.25) is 4.79 Å². The number of aliphatic hydroxyl groups excluding tert-OH is 1. The van der Waals surface area contributed by atoms with E-state index in [2.05, 4.69) is 15.3 Å². The van der Waals surface area contributed by atoms with Crippen molar-refractivity contribution in [2.45, 2.75) is 6.54 Å². The second-order valence-corrected chi connectivity index (χ2v) is 4.74. The number of H-pyrrole nitrogens is 1. The summed E-state index contributed by atoms with van der Waals surface area (Å²) < 4.78 is 0. The highest BCUT2D eigenvalue weighted by Gasteiger charge is 2.08. The molecule has 0 aliphatic heterocycles. The molecule has 1 heterocycles. The third kappa shape index (κ3) is 2.93. The number of hydrogen-bond acceptors (Lipinski definition) is 4. The number of fused-ring (bicyclic) bond motifs is 1. The van der Waals surface area contributed by atoms with Crippen molar-refractivity contribution in [1.82, 2.24) is 9.97 Å². The summed E-state index contributed by atoms with van der Waals surface area (Å²) in [6, 6.07) is 15.2. The Bertz CT molecular complexity index is 766. The number of aliphatic hydroxyl groups is 1. The van der Waals surface area contributed by atoms with Gasteiger partial charge in [-0.2, -0.15) is 0 Å². The van der Waals surface area contributed by atoms with Crippen molar-refractivity contribution < 1.29 is 9.90 Å². The van der Waals surface area contributed by atoms with Gasteiger partial charge in [0.1, 0.15) is 6.61 Å². The average molecular weight is 281 g/mol. The van der Waals surface area contributed by atoms with Crippen LogP contribution < -0.4 is 5.32 Å². The van der Waals surface area contributed by atoms with Gasteiger partial charge >= 0.3 is 0 Å². The third-order valence-electron chi connectivity index (χ3n) is 3.25. The van der Waals surface area contributed by atoms with Crippen molar-refractivity contribution in [3.8, 4) is 0 Å². The number of benzene rings is 2. The molecule has 2 aromatic carbocycles. The highest BCUT2D eigenvalue weighted by atomic mass is 16.3. The van der Waals surface area contributed by atoms with Crippen molar-refractivity contribution in [3.63, 3.8) is 0 Å². The highest BCUT2D eigenvalue weighted by Crippen LogP contribution is 2.17. The van der Waals surface area contributed by atoms with Gasteiger partial charge in [-0.15, -0.1) is 0 Å². The van der Waals surface area contributed by atoms with E-state index >= 15 is 0 Å². The maximum absolute atomic E-state index is 11.5. The zero-order chi connectivity index (χ0) is 14.7. The van der Waals surface area contributed by atoms with E-state index < -0.39 is 6.61 Å².